The molecule has 0 saturated carbocycles. The van der Waals surface area contributed by atoms with Crippen molar-refractivity contribution in [3.63, 3.8) is 0 Å². The first-order valence-corrected chi connectivity index (χ1v) is 7.14. The second-order valence-corrected chi connectivity index (χ2v) is 5.00. The van der Waals surface area contributed by atoms with E-state index in [0.29, 0.717) is 11.5 Å². The van der Waals surface area contributed by atoms with Gasteiger partial charge in [-0.2, -0.15) is 0 Å². The lowest BCUT2D eigenvalue weighted by molar-refractivity contribution is -0.117. The maximum absolute atomic E-state index is 11.9. The van der Waals surface area contributed by atoms with Gasteiger partial charge in [0.1, 0.15) is 0 Å². The highest BCUT2D eigenvalue weighted by Crippen LogP contribution is 2.27. The number of benzene rings is 1. The van der Waals surface area contributed by atoms with Crippen molar-refractivity contribution in [2.45, 2.75) is 18.9 Å². The van der Waals surface area contributed by atoms with Crippen LogP contribution in [0.4, 0.5) is 0 Å². The zero-order chi connectivity index (χ0) is 15.1. The second-order valence-electron chi connectivity index (χ2n) is 5.00. The Balaban J connectivity index is 1.94. The lowest BCUT2D eigenvalue weighted by atomic mass is 10.1. The Kier molecular flexibility index (Phi) is 5.63. The Morgan fingerprint density at radius 3 is 2.81 bits per heavy atom. The van der Waals surface area contributed by atoms with Crippen LogP contribution in [0, 0.1) is 0 Å². The average Bonchev–Trinajstić information content (AvgIpc) is 2.53. The number of carbonyl (C=O) groups excluding carboxylic acids is 1. The third kappa shape index (κ3) is 4.49. The average molecular weight is 290 g/mol. The Bertz CT molecular complexity index is 508. The molecule has 1 aliphatic heterocycles. The van der Waals surface area contributed by atoms with E-state index in [1.165, 1.54) is 0 Å². The molecule has 114 valence electrons. The molecule has 2 rings (SSSR count). The molecule has 1 aliphatic rings. The predicted molar refractivity (Wildman–Crippen MR) is 82.6 cm³/mol. The van der Waals surface area contributed by atoms with Crippen LogP contribution >= 0.6 is 0 Å². The van der Waals surface area contributed by atoms with Crippen molar-refractivity contribution in [3.05, 3.63) is 29.8 Å². The van der Waals surface area contributed by atoms with Gasteiger partial charge in [-0.05, 0) is 43.2 Å². The monoisotopic (exact) mass is 290 g/mol. The summed E-state index contributed by atoms with van der Waals surface area (Å²) in [4.78, 5) is 11.9. The Morgan fingerprint density at radius 1 is 1.33 bits per heavy atom. The van der Waals surface area contributed by atoms with E-state index in [2.05, 4.69) is 10.6 Å². The van der Waals surface area contributed by atoms with Crippen molar-refractivity contribution < 1.29 is 14.3 Å². The third-order valence-corrected chi connectivity index (χ3v) is 3.48. The molecule has 1 saturated heterocycles. The number of hydrogen-bond acceptors (Lipinski definition) is 4. The molecule has 1 heterocycles. The number of nitrogens with one attached hydrogen (secondary N) is 2. The number of ether oxygens (including phenoxy) is 2. The van der Waals surface area contributed by atoms with Gasteiger partial charge in [0.15, 0.2) is 11.5 Å². The Morgan fingerprint density at radius 2 is 2.14 bits per heavy atom. The molecule has 0 radical (unpaired) electrons. The van der Waals surface area contributed by atoms with Crippen LogP contribution in [0.2, 0.25) is 0 Å². The molecular formula is C16H22N2O3. The summed E-state index contributed by atoms with van der Waals surface area (Å²) < 4.78 is 10.4. The summed E-state index contributed by atoms with van der Waals surface area (Å²) in [7, 11) is 3.19. The van der Waals surface area contributed by atoms with Gasteiger partial charge in [-0.15, -0.1) is 0 Å². The summed E-state index contributed by atoms with van der Waals surface area (Å²) in [6.07, 6.45) is 5.46. The molecule has 2 N–H and O–H groups in total. The van der Waals surface area contributed by atoms with Gasteiger partial charge >= 0.3 is 0 Å². The van der Waals surface area contributed by atoms with E-state index in [9.17, 15) is 4.79 Å². The van der Waals surface area contributed by atoms with E-state index in [4.69, 9.17) is 9.47 Å². The van der Waals surface area contributed by atoms with Crippen LogP contribution in [0.3, 0.4) is 0 Å². The van der Waals surface area contributed by atoms with Gasteiger partial charge in [0.25, 0.3) is 0 Å². The topological polar surface area (TPSA) is 59.6 Å². The number of piperidine rings is 1. The molecule has 0 bridgehead atoms. The van der Waals surface area contributed by atoms with Crippen LogP contribution < -0.4 is 20.1 Å². The van der Waals surface area contributed by atoms with Crippen molar-refractivity contribution in [1.82, 2.24) is 10.6 Å². The summed E-state index contributed by atoms with van der Waals surface area (Å²) >= 11 is 0. The van der Waals surface area contributed by atoms with Gasteiger partial charge in [0.2, 0.25) is 5.91 Å². The summed E-state index contributed by atoms with van der Waals surface area (Å²) in [5, 5.41) is 6.27. The minimum atomic E-state index is -0.0708. The van der Waals surface area contributed by atoms with Gasteiger partial charge in [-0.3, -0.25) is 4.79 Å². The van der Waals surface area contributed by atoms with E-state index in [-0.39, 0.29) is 11.9 Å². The van der Waals surface area contributed by atoms with E-state index in [0.717, 1.165) is 31.5 Å². The van der Waals surface area contributed by atoms with E-state index in [1.54, 1.807) is 26.4 Å². The van der Waals surface area contributed by atoms with Crippen LogP contribution in [-0.4, -0.2) is 39.3 Å². The van der Waals surface area contributed by atoms with Gasteiger partial charge < -0.3 is 20.1 Å². The smallest absolute Gasteiger partial charge is 0.244 e. The fraction of sp³-hybridized carbons (Fsp3) is 0.438. The van der Waals surface area contributed by atoms with Crippen molar-refractivity contribution in [1.29, 1.82) is 0 Å². The molecule has 1 atom stereocenters. The third-order valence-electron chi connectivity index (χ3n) is 3.48. The molecular weight excluding hydrogens is 268 g/mol. The largest absolute Gasteiger partial charge is 0.493 e. The van der Waals surface area contributed by atoms with Crippen LogP contribution in [0.5, 0.6) is 11.5 Å². The molecule has 21 heavy (non-hydrogen) atoms. The highest BCUT2D eigenvalue weighted by atomic mass is 16.5. The van der Waals surface area contributed by atoms with Crippen molar-refractivity contribution >= 4 is 12.0 Å². The fourth-order valence-corrected chi connectivity index (χ4v) is 2.35. The quantitative estimate of drug-likeness (QED) is 0.809. The molecule has 1 amide bonds. The molecule has 1 fully saturated rings. The molecule has 0 aliphatic carbocycles. The van der Waals surface area contributed by atoms with Gasteiger partial charge in [-0.1, -0.05) is 6.07 Å². The summed E-state index contributed by atoms with van der Waals surface area (Å²) in [5.41, 5.74) is 0.893. The van der Waals surface area contributed by atoms with Crippen LogP contribution in [-0.2, 0) is 4.79 Å². The van der Waals surface area contributed by atoms with Crippen molar-refractivity contribution in [3.8, 4) is 11.5 Å². The lowest BCUT2D eigenvalue weighted by Gasteiger charge is -2.23. The van der Waals surface area contributed by atoms with E-state index in [1.807, 2.05) is 18.2 Å². The molecule has 0 aromatic heterocycles. The molecule has 1 aromatic rings. The second kappa shape index (κ2) is 7.69. The number of hydrogen-bond donors (Lipinski definition) is 2. The first kappa shape index (κ1) is 15.4. The number of rotatable bonds is 5. The zero-order valence-corrected chi connectivity index (χ0v) is 12.5. The number of carbonyl (C=O) groups is 1. The maximum Gasteiger partial charge on any atom is 0.244 e. The van der Waals surface area contributed by atoms with Gasteiger partial charge in [0.05, 0.1) is 14.2 Å². The van der Waals surface area contributed by atoms with Crippen LogP contribution in [0.15, 0.2) is 24.3 Å². The Hall–Kier alpha value is -2.01. The molecule has 1 aromatic carbocycles. The zero-order valence-electron chi connectivity index (χ0n) is 12.5. The first-order chi connectivity index (χ1) is 10.2. The maximum atomic E-state index is 11.9. The van der Waals surface area contributed by atoms with Gasteiger partial charge in [-0.25, -0.2) is 0 Å². The SMILES string of the molecule is COc1ccc(/C=C/C(=O)NC2CCCNC2)cc1OC. The summed E-state index contributed by atoms with van der Waals surface area (Å²) in [6.45, 7) is 1.88. The van der Waals surface area contributed by atoms with Crippen molar-refractivity contribution in [2.24, 2.45) is 0 Å². The van der Waals surface area contributed by atoms with Gasteiger partial charge in [0, 0.05) is 18.7 Å². The molecule has 5 nitrogen and oxygen atoms in total. The van der Waals surface area contributed by atoms with E-state index < -0.39 is 0 Å². The minimum absolute atomic E-state index is 0.0708. The van der Waals surface area contributed by atoms with Crippen molar-refractivity contribution in [2.75, 3.05) is 27.3 Å². The predicted octanol–water partition coefficient (Wildman–Crippen LogP) is 1.59. The standard InChI is InChI=1S/C16H22N2O3/c1-20-14-7-5-12(10-15(14)21-2)6-8-16(19)18-13-4-3-9-17-11-13/h5-8,10,13,17H,3-4,9,11H2,1-2H3,(H,18,19)/b8-6+. The molecule has 5 heteroatoms. The highest BCUT2D eigenvalue weighted by molar-refractivity contribution is 5.92. The summed E-state index contributed by atoms with van der Waals surface area (Å²) in [5.74, 6) is 1.25. The normalized spacial score (nSPS) is 18.5. The lowest BCUT2D eigenvalue weighted by Crippen LogP contribution is -2.45. The Labute approximate surface area is 125 Å². The fourth-order valence-electron chi connectivity index (χ4n) is 2.35. The van der Waals surface area contributed by atoms with E-state index >= 15 is 0 Å². The summed E-state index contributed by atoms with van der Waals surface area (Å²) in [6, 6.07) is 5.76. The van der Waals surface area contributed by atoms with Crippen LogP contribution in [0.25, 0.3) is 6.08 Å². The molecule has 1 unspecified atom stereocenters. The highest BCUT2D eigenvalue weighted by Gasteiger charge is 2.13. The molecule has 0 spiro atoms. The number of amides is 1. The first-order valence-electron chi connectivity index (χ1n) is 7.14. The minimum Gasteiger partial charge on any atom is -0.493 e. The number of methoxy groups -OCH3 is 2. The van der Waals surface area contributed by atoms with Crippen LogP contribution in [0.1, 0.15) is 18.4 Å².